The molecule has 0 unspecified atom stereocenters. The van der Waals surface area contributed by atoms with Gasteiger partial charge in [0.1, 0.15) is 4.64 Å². The van der Waals surface area contributed by atoms with Crippen LogP contribution in [0.4, 0.5) is 0 Å². The molecule has 3 heteroatoms. The molecule has 0 fully saturated rings. The summed E-state index contributed by atoms with van der Waals surface area (Å²) in [6.45, 7) is 4.20. The highest BCUT2D eigenvalue weighted by Gasteiger charge is 1.99. The topological polar surface area (TPSA) is 28.7 Å². The first kappa shape index (κ1) is 7.41. The van der Waals surface area contributed by atoms with Gasteiger partial charge in [-0.25, -0.2) is 4.98 Å². The van der Waals surface area contributed by atoms with Gasteiger partial charge in [0.25, 0.3) is 0 Å². The van der Waals surface area contributed by atoms with Gasteiger partial charge in [-0.15, -0.1) is 0 Å². The summed E-state index contributed by atoms with van der Waals surface area (Å²) in [7, 11) is 0. The highest BCUT2D eigenvalue weighted by molar-refractivity contribution is 7.71. The summed E-state index contributed by atoms with van der Waals surface area (Å²) in [5.74, 6) is 0.456. The molecule has 1 heterocycles. The number of nitrogens with zero attached hydrogens (tertiary/aromatic N) is 1. The molecule has 1 aromatic heterocycles. The Morgan fingerprint density at radius 3 is 2.70 bits per heavy atom. The lowest BCUT2D eigenvalue weighted by Gasteiger charge is -2.01. The van der Waals surface area contributed by atoms with E-state index in [9.17, 15) is 0 Å². The Hall–Kier alpha value is -0.700. The first-order chi connectivity index (χ1) is 4.72. The smallest absolute Gasteiger partial charge is 0.109 e. The van der Waals surface area contributed by atoms with E-state index in [4.69, 9.17) is 12.2 Å². The second-order valence-corrected chi connectivity index (χ2v) is 2.90. The van der Waals surface area contributed by atoms with Crippen molar-refractivity contribution in [1.29, 1.82) is 0 Å². The Bertz CT molecular complexity index is 264. The second kappa shape index (κ2) is 2.92. The fourth-order valence-electron chi connectivity index (χ4n) is 0.767. The third kappa shape index (κ3) is 1.42. The fourth-order valence-corrected chi connectivity index (χ4v) is 1.11. The minimum Gasteiger partial charge on any atom is -0.337 e. The Morgan fingerprint density at radius 2 is 2.30 bits per heavy atom. The first-order valence-electron chi connectivity index (χ1n) is 3.24. The minimum atomic E-state index is 0.456. The maximum Gasteiger partial charge on any atom is 0.109 e. The zero-order valence-electron chi connectivity index (χ0n) is 6.09. The molecule has 0 aromatic carbocycles. The van der Waals surface area contributed by atoms with E-state index in [1.165, 1.54) is 0 Å². The average Bonchev–Trinajstić information content (AvgIpc) is 1.88. The molecule has 0 aliphatic carbocycles. The maximum absolute atomic E-state index is 5.03. The van der Waals surface area contributed by atoms with Gasteiger partial charge < -0.3 is 4.98 Å². The van der Waals surface area contributed by atoms with E-state index in [2.05, 4.69) is 23.8 Å². The van der Waals surface area contributed by atoms with Crippen molar-refractivity contribution >= 4 is 12.2 Å². The number of nitrogens with one attached hydrogen (secondary N) is 1. The molecule has 10 heavy (non-hydrogen) atoms. The Kier molecular flexibility index (Phi) is 2.17. The summed E-state index contributed by atoms with van der Waals surface area (Å²) in [5.41, 5.74) is 1.11. The molecule has 0 spiro atoms. The predicted octanol–water partition coefficient (Wildman–Crippen LogP) is 2.26. The van der Waals surface area contributed by atoms with Gasteiger partial charge in [-0.3, -0.25) is 0 Å². The van der Waals surface area contributed by atoms with Gasteiger partial charge in [0.15, 0.2) is 0 Å². The molecule has 1 rings (SSSR count). The van der Waals surface area contributed by atoms with Gasteiger partial charge in [0.2, 0.25) is 0 Å². The van der Waals surface area contributed by atoms with Crippen LogP contribution < -0.4 is 0 Å². The molecule has 0 bridgehead atoms. The van der Waals surface area contributed by atoms with Crippen LogP contribution in [0.3, 0.4) is 0 Å². The van der Waals surface area contributed by atoms with E-state index < -0.39 is 0 Å². The Morgan fingerprint density at radius 1 is 1.60 bits per heavy atom. The van der Waals surface area contributed by atoms with Crippen molar-refractivity contribution in [3.8, 4) is 0 Å². The van der Waals surface area contributed by atoms with E-state index in [1.54, 1.807) is 6.33 Å². The molecule has 1 aromatic rings. The van der Waals surface area contributed by atoms with E-state index in [1.807, 2.05) is 6.20 Å². The van der Waals surface area contributed by atoms with Crippen molar-refractivity contribution < 1.29 is 0 Å². The largest absolute Gasteiger partial charge is 0.337 e. The third-order valence-corrected chi connectivity index (χ3v) is 1.72. The fraction of sp³-hybridized carbons (Fsp3) is 0.429. The molecular weight excluding hydrogens is 144 g/mol. The van der Waals surface area contributed by atoms with E-state index in [0.717, 1.165) is 10.2 Å². The van der Waals surface area contributed by atoms with Crippen LogP contribution in [0.25, 0.3) is 0 Å². The van der Waals surface area contributed by atoms with Crippen LogP contribution in [0.15, 0.2) is 12.5 Å². The normalized spacial score (nSPS) is 10.3. The standard InChI is InChI=1S/C7H10N2S/c1-5(2)6-3-8-4-9-7(6)10/h3-5H,1-2H3,(H,8,9,10). The first-order valence-corrected chi connectivity index (χ1v) is 3.65. The number of rotatable bonds is 1. The van der Waals surface area contributed by atoms with E-state index in [-0.39, 0.29) is 0 Å². The molecule has 1 N–H and O–H groups in total. The molecular formula is C7H10N2S. The van der Waals surface area contributed by atoms with Gasteiger partial charge in [-0.05, 0) is 5.92 Å². The number of hydrogen-bond donors (Lipinski definition) is 1. The van der Waals surface area contributed by atoms with Crippen LogP contribution in [0.2, 0.25) is 0 Å². The third-order valence-electron chi connectivity index (χ3n) is 1.37. The number of aromatic nitrogens is 2. The molecule has 0 radical (unpaired) electrons. The zero-order chi connectivity index (χ0) is 7.56. The lowest BCUT2D eigenvalue weighted by molar-refractivity contribution is 0.840. The monoisotopic (exact) mass is 154 g/mol. The lowest BCUT2D eigenvalue weighted by Crippen LogP contribution is -1.91. The molecule has 0 saturated heterocycles. The lowest BCUT2D eigenvalue weighted by atomic mass is 10.1. The van der Waals surface area contributed by atoms with Crippen molar-refractivity contribution in [3.05, 3.63) is 22.7 Å². The summed E-state index contributed by atoms with van der Waals surface area (Å²) in [6.07, 6.45) is 3.41. The van der Waals surface area contributed by atoms with Crippen LogP contribution in [0.5, 0.6) is 0 Å². The molecule has 0 aliphatic heterocycles. The number of aromatic amines is 1. The highest BCUT2D eigenvalue weighted by Crippen LogP contribution is 2.11. The number of H-pyrrole nitrogens is 1. The van der Waals surface area contributed by atoms with Gasteiger partial charge in [-0.1, -0.05) is 26.1 Å². The molecule has 0 amide bonds. The highest BCUT2D eigenvalue weighted by atomic mass is 32.1. The molecule has 54 valence electrons. The Balaban J connectivity index is 3.16. The molecule has 0 atom stereocenters. The molecule has 2 nitrogen and oxygen atoms in total. The molecule has 0 aliphatic rings. The molecule has 0 saturated carbocycles. The quantitative estimate of drug-likeness (QED) is 0.628. The number of hydrogen-bond acceptors (Lipinski definition) is 2. The summed E-state index contributed by atoms with van der Waals surface area (Å²) >= 11 is 5.03. The second-order valence-electron chi connectivity index (χ2n) is 2.49. The zero-order valence-corrected chi connectivity index (χ0v) is 6.90. The summed E-state index contributed by atoms with van der Waals surface area (Å²) in [4.78, 5) is 6.83. The van der Waals surface area contributed by atoms with E-state index >= 15 is 0 Å². The SMILES string of the molecule is CC(C)c1cnc[nH]c1=S. The van der Waals surface area contributed by atoms with Crippen LogP contribution in [0, 0.1) is 4.64 Å². The van der Waals surface area contributed by atoms with E-state index in [0.29, 0.717) is 5.92 Å². The van der Waals surface area contributed by atoms with Crippen molar-refractivity contribution in [1.82, 2.24) is 9.97 Å². The van der Waals surface area contributed by atoms with Gasteiger partial charge in [0.05, 0.1) is 6.33 Å². The van der Waals surface area contributed by atoms with Gasteiger partial charge >= 0.3 is 0 Å². The van der Waals surface area contributed by atoms with Crippen LogP contribution >= 0.6 is 12.2 Å². The van der Waals surface area contributed by atoms with Crippen LogP contribution in [-0.2, 0) is 0 Å². The minimum absolute atomic E-state index is 0.456. The van der Waals surface area contributed by atoms with Crippen molar-refractivity contribution in [2.24, 2.45) is 0 Å². The van der Waals surface area contributed by atoms with Crippen molar-refractivity contribution in [3.63, 3.8) is 0 Å². The summed E-state index contributed by atoms with van der Waals surface area (Å²) in [6, 6.07) is 0. The van der Waals surface area contributed by atoms with Crippen molar-refractivity contribution in [2.75, 3.05) is 0 Å². The predicted molar refractivity (Wildman–Crippen MR) is 43.5 cm³/mol. The average molecular weight is 154 g/mol. The van der Waals surface area contributed by atoms with Gasteiger partial charge in [-0.2, -0.15) is 0 Å². The summed E-state index contributed by atoms with van der Waals surface area (Å²) < 4.78 is 0.796. The Labute approximate surface area is 65.3 Å². The van der Waals surface area contributed by atoms with Crippen LogP contribution in [0.1, 0.15) is 25.3 Å². The van der Waals surface area contributed by atoms with Crippen LogP contribution in [-0.4, -0.2) is 9.97 Å². The van der Waals surface area contributed by atoms with Gasteiger partial charge in [0, 0.05) is 11.8 Å². The van der Waals surface area contributed by atoms with Crippen molar-refractivity contribution in [2.45, 2.75) is 19.8 Å². The summed E-state index contributed by atoms with van der Waals surface area (Å²) in [5, 5.41) is 0. The maximum atomic E-state index is 5.03.